The Labute approximate surface area is 111 Å². The van der Waals surface area contributed by atoms with Crippen LogP contribution in [0.3, 0.4) is 0 Å². The van der Waals surface area contributed by atoms with Crippen molar-refractivity contribution in [2.24, 2.45) is 12.0 Å². The van der Waals surface area contributed by atoms with Crippen molar-refractivity contribution >= 4 is 12.0 Å². The van der Waals surface area contributed by atoms with Crippen molar-refractivity contribution in [3.05, 3.63) is 36.7 Å². The first-order valence-electron chi connectivity index (χ1n) is 6.72. The molecule has 0 amide bonds. The molecule has 3 nitrogen and oxygen atoms in total. The predicted octanol–water partition coefficient (Wildman–Crippen LogP) is 3.31. The van der Waals surface area contributed by atoms with Crippen LogP contribution in [0.25, 0.3) is 0 Å². The predicted molar refractivity (Wildman–Crippen MR) is 79.9 cm³/mol. The van der Waals surface area contributed by atoms with Gasteiger partial charge in [-0.2, -0.15) is 0 Å². The second-order valence-corrected chi connectivity index (χ2v) is 3.35. The number of aryl methyl sites for hydroxylation is 1. The molecule has 0 bridgehead atoms. The van der Waals surface area contributed by atoms with Gasteiger partial charge in [-0.15, -0.1) is 0 Å². The summed E-state index contributed by atoms with van der Waals surface area (Å²) in [5.74, 6) is 1.15. The van der Waals surface area contributed by atoms with Gasteiger partial charge in [-0.25, -0.2) is 14.5 Å². The molecule has 0 fully saturated rings. The lowest BCUT2D eigenvalue weighted by molar-refractivity contribution is -0.658. The smallest absolute Gasteiger partial charge is 0.247 e. The highest BCUT2D eigenvalue weighted by atomic mass is 15.3. The van der Waals surface area contributed by atoms with E-state index in [1.54, 1.807) is 0 Å². The van der Waals surface area contributed by atoms with E-state index in [1.165, 1.54) is 0 Å². The summed E-state index contributed by atoms with van der Waals surface area (Å²) in [6.45, 7) is 10.1. The van der Waals surface area contributed by atoms with Crippen molar-refractivity contribution < 1.29 is 4.57 Å². The molecule has 0 saturated carbocycles. The molecule has 0 spiro atoms. The maximum atomic E-state index is 4.33. The first-order chi connectivity index (χ1) is 8.79. The molecular formula is C15H26N3+. The molecule has 0 saturated heterocycles. The van der Waals surface area contributed by atoms with Gasteiger partial charge in [0.05, 0.1) is 19.4 Å². The molecule has 0 N–H and O–H groups in total. The monoisotopic (exact) mass is 248 g/mol. The number of pyridine rings is 1. The minimum absolute atomic E-state index is 0.175. The zero-order valence-corrected chi connectivity index (χ0v) is 12.5. The molecular weight excluding hydrogens is 222 g/mol. The van der Waals surface area contributed by atoms with Crippen LogP contribution in [0.4, 0.5) is 5.82 Å². The van der Waals surface area contributed by atoms with E-state index in [-0.39, 0.29) is 6.17 Å². The Balaban J connectivity index is 0.000000659. The normalized spacial score (nSPS) is 16.3. The number of nitrogens with zero attached hydrogens (tertiary/aromatic N) is 3. The summed E-state index contributed by atoms with van der Waals surface area (Å²) in [6.07, 6.45) is 8.05. The van der Waals surface area contributed by atoms with Crippen LogP contribution in [-0.2, 0) is 7.05 Å². The molecule has 1 aliphatic rings. The average molecular weight is 248 g/mol. The standard InChI is InChI=1S/C11H14N3.2C2H6/c1-10-12-7-5-9-14(10)11-6-3-4-8-13(11)2;2*1-2/h3-10H,1-2H3;2*1-2H3/q+1;;/t10-;;/m0../s1. The number of anilines is 1. The molecule has 18 heavy (non-hydrogen) atoms. The molecule has 2 heterocycles. The summed E-state index contributed by atoms with van der Waals surface area (Å²) < 4.78 is 2.08. The molecule has 1 aromatic heterocycles. The number of aromatic nitrogens is 1. The lowest BCUT2D eigenvalue weighted by Crippen LogP contribution is -2.40. The summed E-state index contributed by atoms with van der Waals surface area (Å²) in [5.41, 5.74) is 0. The van der Waals surface area contributed by atoms with Crippen LogP contribution < -0.4 is 9.47 Å². The van der Waals surface area contributed by atoms with Crippen molar-refractivity contribution in [3.8, 4) is 0 Å². The SMILES string of the molecule is CC.CC.C[C@H]1N=CC=CN1c1cccc[n+]1C. The molecule has 0 unspecified atom stereocenters. The van der Waals surface area contributed by atoms with Gasteiger partial charge in [-0.05, 0) is 19.1 Å². The van der Waals surface area contributed by atoms with E-state index >= 15 is 0 Å². The molecule has 1 aromatic rings. The summed E-state index contributed by atoms with van der Waals surface area (Å²) in [6, 6.07) is 6.14. The van der Waals surface area contributed by atoms with Crippen LogP contribution in [0.1, 0.15) is 34.6 Å². The van der Waals surface area contributed by atoms with Crippen molar-refractivity contribution in [3.63, 3.8) is 0 Å². The second-order valence-electron chi connectivity index (χ2n) is 3.35. The van der Waals surface area contributed by atoms with Crippen LogP contribution in [0.2, 0.25) is 0 Å². The van der Waals surface area contributed by atoms with Gasteiger partial charge in [-0.1, -0.05) is 33.8 Å². The van der Waals surface area contributed by atoms with Crippen molar-refractivity contribution in [2.75, 3.05) is 4.90 Å². The average Bonchev–Trinajstić information content (AvgIpc) is 2.45. The quantitative estimate of drug-likeness (QED) is 0.698. The van der Waals surface area contributed by atoms with Gasteiger partial charge in [0, 0.05) is 12.3 Å². The van der Waals surface area contributed by atoms with E-state index in [0.29, 0.717) is 0 Å². The van der Waals surface area contributed by atoms with E-state index in [9.17, 15) is 0 Å². The van der Waals surface area contributed by atoms with E-state index in [1.807, 2.05) is 71.6 Å². The van der Waals surface area contributed by atoms with Gasteiger partial charge < -0.3 is 0 Å². The van der Waals surface area contributed by atoms with Gasteiger partial charge in [0.2, 0.25) is 0 Å². The summed E-state index contributed by atoms with van der Waals surface area (Å²) in [7, 11) is 2.04. The van der Waals surface area contributed by atoms with Crippen LogP contribution in [-0.4, -0.2) is 12.4 Å². The molecule has 100 valence electrons. The zero-order valence-electron chi connectivity index (χ0n) is 12.5. The molecule has 0 aromatic carbocycles. The molecule has 3 heteroatoms. The number of hydrogen-bond acceptors (Lipinski definition) is 2. The highest BCUT2D eigenvalue weighted by Crippen LogP contribution is 2.14. The van der Waals surface area contributed by atoms with Crippen LogP contribution >= 0.6 is 0 Å². The zero-order chi connectivity index (χ0) is 14.0. The fourth-order valence-electron chi connectivity index (χ4n) is 1.55. The largest absolute Gasteiger partial charge is 0.282 e. The summed E-state index contributed by atoms with van der Waals surface area (Å²) in [4.78, 5) is 6.47. The van der Waals surface area contributed by atoms with E-state index < -0.39 is 0 Å². The first-order valence-corrected chi connectivity index (χ1v) is 6.72. The van der Waals surface area contributed by atoms with Gasteiger partial charge in [0.15, 0.2) is 6.17 Å². The van der Waals surface area contributed by atoms with E-state index in [2.05, 4.69) is 27.4 Å². The highest BCUT2D eigenvalue weighted by molar-refractivity contribution is 5.74. The number of rotatable bonds is 1. The number of hydrogen-bond donors (Lipinski definition) is 0. The third kappa shape index (κ3) is 4.32. The molecule has 1 atom stereocenters. The molecule has 2 rings (SSSR count). The minimum atomic E-state index is 0.175. The topological polar surface area (TPSA) is 19.5 Å². The van der Waals surface area contributed by atoms with E-state index in [4.69, 9.17) is 0 Å². The number of allylic oxidation sites excluding steroid dienone is 1. The second kappa shape index (κ2) is 9.40. The molecule has 0 radical (unpaired) electrons. The van der Waals surface area contributed by atoms with Crippen molar-refractivity contribution in [2.45, 2.75) is 40.8 Å². The Morgan fingerprint density at radius 2 is 1.83 bits per heavy atom. The number of aliphatic imine (C=N–C) groups is 1. The minimum Gasteiger partial charge on any atom is -0.247 e. The van der Waals surface area contributed by atoms with Crippen LogP contribution in [0.5, 0.6) is 0 Å². The third-order valence-electron chi connectivity index (χ3n) is 2.33. The molecule has 0 aliphatic carbocycles. The Bertz CT molecular complexity index is 383. The van der Waals surface area contributed by atoms with Crippen LogP contribution in [0.15, 0.2) is 41.7 Å². The Hall–Kier alpha value is -1.64. The maximum Gasteiger partial charge on any atom is 0.282 e. The van der Waals surface area contributed by atoms with Gasteiger partial charge in [0.1, 0.15) is 0 Å². The maximum absolute atomic E-state index is 4.33. The lowest BCUT2D eigenvalue weighted by Gasteiger charge is -2.19. The van der Waals surface area contributed by atoms with Crippen molar-refractivity contribution in [1.82, 2.24) is 0 Å². The third-order valence-corrected chi connectivity index (χ3v) is 2.33. The molecule has 1 aliphatic heterocycles. The van der Waals surface area contributed by atoms with E-state index in [0.717, 1.165) is 5.82 Å². The fraction of sp³-hybridized carbons (Fsp3) is 0.467. The lowest BCUT2D eigenvalue weighted by atomic mass is 10.3. The van der Waals surface area contributed by atoms with Crippen molar-refractivity contribution in [1.29, 1.82) is 0 Å². The fourth-order valence-corrected chi connectivity index (χ4v) is 1.55. The Kier molecular flexibility index (Phi) is 8.54. The van der Waals surface area contributed by atoms with Gasteiger partial charge in [-0.3, -0.25) is 0 Å². The summed E-state index contributed by atoms with van der Waals surface area (Å²) in [5, 5.41) is 0. The van der Waals surface area contributed by atoms with Crippen LogP contribution in [0, 0.1) is 0 Å². The van der Waals surface area contributed by atoms with Gasteiger partial charge in [0.25, 0.3) is 5.82 Å². The summed E-state index contributed by atoms with van der Waals surface area (Å²) >= 11 is 0. The highest BCUT2D eigenvalue weighted by Gasteiger charge is 2.21. The first kappa shape index (κ1) is 16.4. The van der Waals surface area contributed by atoms with Gasteiger partial charge >= 0.3 is 0 Å². The Morgan fingerprint density at radius 1 is 1.17 bits per heavy atom. The Morgan fingerprint density at radius 3 is 2.39 bits per heavy atom.